The quantitative estimate of drug-likeness (QED) is 0.539. The van der Waals surface area contributed by atoms with E-state index in [2.05, 4.69) is 31.9 Å². The molecule has 0 radical (unpaired) electrons. The van der Waals surface area contributed by atoms with Gasteiger partial charge in [0.05, 0.1) is 29.6 Å². The van der Waals surface area contributed by atoms with Crippen molar-refractivity contribution < 1.29 is 9.53 Å². The number of benzene rings is 1. The van der Waals surface area contributed by atoms with Gasteiger partial charge in [-0.25, -0.2) is 4.79 Å². The minimum absolute atomic E-state index is 0.292. The van der Waals surface area contributed by atoms with Gasteiger partial charge in [-0.3, -0.25) is 0 Å². The molecular weight excluding hydrogens is 366 g/mol. The summed E-state index contributed by atoms with van der Waals surface area (Å²) >= 11 is 6.19. The van der Waals surface area contributed by atoms with Crippen LogP contribution in [-0.4, -0.2) is 34.8 Å². The highest BCUT2D eigenvalue weighted by Crippen LogP contribution is 2.26. The SMILES string of the molecule is COC(=O)c1ccc(Cl)c(Nc2nncc(NCCC3=CCCCC3)n2)c1. The fraction of sp³-hybridized carbons (Fsp3) is 0.368. The van der Waals surface area contributed by atoms with E-state index in [4.69, 9.17) is 16.3 Å². The summed E-state index contributed by atoms with van der Waals surface area (Å²) < 4.78 is 4.73. The molecular formula is C19H22ClN5O2. The summed E-state index contributed by atoms with van der Waals surface area (Å²) in [5.41, 5.74) is 2.39. The van der Waals surface area contributed by atoms with Crippen molar-refractivity contribution in [3.05, 3.63) is 46.6 Å². The smallest absolute Gasteiger partial charge is 0.337 e. The van der Waals surface area contributed by atoms with Gasteiger partial charge in [0.2, 0.25) is 5.95 Å². The van der Waals surface area contributed by atoms with E-state index in [1.165, 1.54) is 38.4 Å². The number of nitrogens with one attached hydrogen (secondary N) is 2. The number of methoxy groups -OCH3 is 1. The zero-order valence-corrected chi connectivity index (χ0v) is 15.9. The number of rotatable bonds is 7. The number of carbonyl (C=O) groups is 1. The Bertz CT molecular complexity index is 841. The lowest BCUT2D eigenvalue weighted by molar-refractivity contribution is 0.0601. The van der Waals surface area contributed by atoms with Crippen LogP contribution in [0.2, 0.25) is 5.02 Å². The summed E-state index contributed by atoms with van der Waals surface area (Å²) in [5, 5.41) is 14.6. The minimum atomic E-state index is -0.443. The average molecular weight is 388 g/mol. The molecule has 2 aromatic rings. The van der Waals surface area contributed by atoms with Crippen molar-refractivity contribution in [3.63, 3.8) is 0 Å². The normalized spacial score (nSPS) is 13.6. The van der Waals surface area contributed by atoms with Crippen molar-refractivity contribution >= 4 is 35.0 Å². The first kappa shape index (κ1) is 19.1. The number of nitrogens with zero attached hydrogens (tertiary/aromatic N) is 3. The number of hydrogen-bond acceptors (Lipinski definition) is 7. The zero-order chi connectivity index (χ0) is 19.1. The zero-order valence-electron chi connectivity index (χ0n) is 15.2. The second-order valence-corrected chi connectivity index (χ2v) is 6.67. The van der Waals surface area contributed by atoms with Crippen LogP contribution in [-0.2, 0) is 4.74 Å². The molecule has 8 heteroatoms. The maximum atomic E-state index is 11.7. The van der Waals surface area contributed by atoms with Crippen LogP contribution in [0, 0.1) is 0 Å². The first-order valence-electron chi connectivity index (χ1n) is 8.92. The first-order chi connectivity index (χ1) is 13.2. The number of anilines is 3. The Labute approximate surface area is 163 Å². The summed E-state index contributed by atoms with van der Waals surface area (Å²) in [6.07, 6.45) is 9.86. The van der Waals surface area contributed by atoms with Gasteiger partial charge in [0.1, 0.15) is 0 Å². The molecule has 1 aromatic heterocycles. The molecule has 2 N–H and O–H groups in total. The van der Waals surface area contributed by atoms with E-state index in [9.17, 15) is 4.79 Å². The fourth-order valence-electron chi connectivity index (χ4n) is 2.91. The monoisotopic (exact) mass is 387 g/mol. The van der Waals surface area contributed by atoms with E-state index in [1.807, 2.05) is 0 Å². The van der Waals surface area contributed by atoms with Crippen LogP contribution in [0.1, 0.15) is 42.5 Å². The number of ether oxygens (including phenoxy) is 1. The second-order valence-electron chi connectivity index (χ2n) is 6.26. The molecule has 1 aromatic carbocycles. The summed E-state index contributed by atoms with van der Waals surface area (Å²) in [6, 6.07) is 4.80. The molecule has 7 nitrogen and oxygen atoms in total. The third-order valence-electron chi connectivity index (χ3n) is 4.33. The molecule has 0 aliphatic heterocycles. The number of hydrogen-bond donors (Lipinski definition) is 2. The van der Waals surface area contributed by atoms with Gasteiger partial charge in [0, 0.05) is 6.54 Å². The molecule has 0 saturated carbocycles. The summed E-state index contributed by atoms with van der Waals surface area (Å²) in [5.74, 6) is 0.478. The van der Waals surface area contributed by atoms with Crippen molar-refractivity contribution in [1.82, 2.24) is 15.2 Å². The van der Waals surface area contributed by atoms with Crippen molar-refractivity contribution in [1.29, 1.82) is 0 Å². The molecule has 0 saturated heterocycles. The molecule has 0 amide bonds. The van der Waals surface area contributed by atoms with E-state index in [1.54, 1.807) is 24.4 Å². The Morgan fingerprint density at radius 3 is 3.00 bits per heavy atom. The van der Waals surface area contributed by atoms with E-state index in [0.717, 1.165) is 13.0 Å². The Kier molecular flexibility index (Phi) is 6.59. The Hall–Kier alpha value is -2.67. The third kappa shape index (κ3) is 5.40. The number of carbonyl (C=O) groups excluding carboxylic acids is 1. The number of halogens is 1. The van der Waals surface area contributed by atoms with Crippen LogP contribution >= 0.6 is 11.6 Å². The second kappa shape index (κ2) is 9.32. The predicted molar refractivity (Wildman–Crippen MR) is 106 cm³/mol. The van der Waals surface area contributed by atoms with E-state index in [-0.39, 0.29) is 0 Å². The number of aromatic nitrogens is 3. The van der Waals surface area contributed by atoms with Gasteiger partial charge in [0.15, 0.2) is 5.82 Å². The molecule has 1 aliphatic rings. The fourth-order valence-corrected chi connectivity index (χ4v) is 3.08. The maximum Gasteiger partial charge on any atom is 0.337 e. The maximum absolute atomic E-state index is 11.7. The lowest BCUT2D eigenvalue weighted by Crippen LogP contribution is -2.08. The average Bonchev–Trinajstić information content (AvgIpc) is 2.70. The van der Waals surface area contributed by atoms with Gasteiger partial charge < -0.3 is 15.4 Å². The predicted octanol–water partition coefficient (Wildman–Crippen LogP) is 4.36. The molecule has 1 aliphatic carbocycles. The van der Waals surface area contributed by atoms with Crippen LogP contribution < -0.4 is 10.6 Å². The largest absolute Gasteiger partial charge is 0.465 e. The molecule has 27 heavy (non-hydrogen) atoms. The van der Waals surface area contributed by atoms with Crippen LogP contribution in [0.15, 0.2) is 36.0 Å². The van der Waals surface area contributed by atoms with Crippen LogP contribution in [0.5, 0.6) is 0 Å². The molecule has 0 unspecified atom stereocenters. The highest BCUT2D eigenvalue weighted by molar-refractivity contribution is 6.33. The topological polar surface area (TPSA) is 89.0 Å². The van der Waals surface area contributed by atoms with E-state index in [0.29, 0.717) is 28.0 Å². The van der Waals surface area contributed by atoms with Gasteiger partial charge in [-0.1, -0.05) is 23.3 Å². The molecule has 0 fully saturated rings. The van der Waals surface area contributed by atoms with Gasteiger partial charge in [-0.15, -0.1) is 5.10 Å². The van der Waals surface area contributed by atoms with E-state index < -0.39 is 5.97 Å². The lowest BCUT2D eigenvalue weighted by atomic mass is 9.97. The van der Waals surface area contributed by atoms with Gasteiger partial charge in [-0.2, -0.15) is 10.1 Å². The van der Waals surface area contributed by atoms with Crippen molar-refractivity contribution in [2.24, 2.45) is 0 Å². The lowest BCUT2D eigenvalue weighted by Gasteiger charge is -2.13. The number of esters is 1. The Morgan fingerprint density at radius 1 is 1.33 bits per heavy atom. The summed E-state index contributed by atoms with van der Waals surface area (Å²) in [4.78, 5) is 16.1. The van der Waals surface area contributed by atoms with Crippen molar-refractivity contribution in [2.45, 2.75) is 32.1 Å². The molecule has 0 atom stereocenters. The third-order valence-corrected chi connectivity index (χ3v) is 4.66. The minimum Gasteiger partial charge on any atom is -0.465 e. The van der Waals surface area contributed by atoms with Gasteiger partial charge in [-0.05, 0) is 50.3 Å². The first-order valence-corrected chi connectivity index (χ1v) is 9.30. The summed E-state index contributed by atoms with van der Waals surface area (Å²) in [7, 11) is 1.33. The Morgan fingerprint density at radius 2 is 2.22 bits per heavy atom. The molecule has 0 spiro atoms. The molecule has 0 bridgehead atoms. The summed E-state index contributed by atoms with van der Waals surface area (Å²) in [6.45, 7) is 0.794. The number of allylic oxidation sites excluding steroid dienone is 1. The van der Waals surface area contributed by atoms with Crippen molar-refractivity contribution in [3.8, 4) is 0 Å². The van der Waals surface area contributed by atoms with Gasteiger partial charge >= 0.3 is 5.97 Å². The molecule has 142 valence electrons. The molecule has 3 rings (SSSR count). The van der Waals surface area contributed by atoms with Crippen LogP contribution in [0.3, 0.4) is 0 Å². The van der Waals surface area contributed by atoms with Crippen LogP contribution in [0.25, 0.3) is 0 Å². The van der Waals surface area contributed by atoms with Crippen molar-refractivity contribution in [2.75, 3.05) is 24.3 Å². The van der Waals surface area contributed by atoms with Crippen LogP contribution in [0.4, 0.5) is 17.5 Å². The van der Waals surface area contributed by atoms with E-state index >= 15 is 0 Å². The standard InChI is InChI=1S/C19H22ClN5O2/c1-27-18(26)14-7-8-15(20)16(11-14)23-19-24-17(12-22-25-19)21-10-9-13-5-3-2-4-6-13/h5,7-8,11-12H,2-4,6,9-10H2,1H3,(H2,21,23,24,25). The van der Waals surface area contributed by atoms with Gasteiger partial charge in [0.25, 0.3) is 0 Å². The highest BCUT2D eigenvalue weighted by atomic mass is 35.5. The Balaban J connectivity index is 1.63. The highest BCUT2D eigenvalue weighted by Gasteiger charge is 2.11. The molecule has 1 heterocycles.